The minimum Gasteiger partial charge on any atom is -0.497 e. The first-order valence-corrected chi connectivity index (χ1v) is 9.82. The molecule has 1 aromatic heterocycles. The van der Waals surface area contributed by atoms with Crippen molar-refractivity contribution in [2.45, 2.75) is 13.3 Å². The van der Waals surface area contributed by atoms with Crippen molar-refractivity contribution in [1.82, 2.24) is 14.7 Å². The average molecular weight is 390 g/mol. The van der Waals surface area contributed by atoms with Gasteiger partial charge < -0.3 is 15.4 Å². The molecule has 1 unspecified atom stereocenters. The van der Waals surface area contributed by atoms with Gasteiger partial charge in [0.05, 0.1) is 18.4 Å². The zero-order valence-corrected chi connectivity index (χ0v) is 16.8. The van der Waals surface area contributed by atoms with Crippen molar-refractivity contribution in [3.63, 3.8) is 0 Å². The minimum atomic E-state index is -0.0266. The molecule has 6 nitrogen and oxygen atoms in total. The molecule has 1 amide bonds. The van der Waals surface area contributed by atoms with Gasteiger partial charge in [-0.25, -0.2) is 4.68 Å². The second-order valence-corrected chi connectivity index (χ2v) is 7.89. The molecular formula is C23H26N4O2. The summed E-state index contributed by atoms with van der Waals surface area (Å²) in [6.45, 7) is 4.08. The quantitative estimate of drug-likeness (QED) is 0.725. The van der Waals surface area contributed by atoms with Gasteiger partial charge in [0.15, 0.2) is 0 Å². The summed E-state index contributed by atoms with van der Waals surface area (Å²) in [5.74, 6) is 0.717. The molecule has 6 heteroatoms. The van der Waals surface area contributed by atoms with Gasteiger partial charge in [-0.1, -0.05) is 37.3 Å². The van der Waals surface area contributed by atoms with Crippen LogP contribution in [0.15, 0.2) is 60.8 Å². The van der Waals surface area contributed by atoms with Crippen LogP contribution in [0.1, 0.15) is 23.7 Å². The molecule has 150 valence electrons. The largest absolute Gasteiger partial charge is 0.497 e. The van der Waals surface area contributed by atoms with Crippen molar-refractivity contribution < 1.29 is 9.53 Å². The van der Waals surface area contributed by atoms with Gasteiger partial charge in [-0.05, 0) is 42.6 Å². The normalized spacial score (nSPS) is 18.8. The predicted molar refractivity (Wildman–Crippen MR) is 113 cm³/mol. The number of hydrogen-bond donors (Lipinski definition) is 1. The Morgan fingerprint density at radius 2 is 2.00 bits per heavy atom. The molecule has 2 N–H and O–H groups in total. The highest BCUT2D eigenvalue weighted by Gasteiger charge is 2.36. The number of amides is 1. The van der Waals surface area contributed by atoms with E-state index in [2.05, 4.69) is 6.92 Å². The minimum absolute atomic E-state index is 0.0119. The Labute approximate surface area is 170 Å². The second-order valence-electron chi connectivity index (χ2n) is 7.89. The summed E-state index contributed by atoms with van der Waals surface area (Å²) in [6, 6.07) is 17.5. The summed E-state index contributed by atoms with van der Waals surface area (Å²) in [5, 5.41) is 4.76. The Morgan fingerprint density at radius 1 is 1.21 bits per heavy atom. The lowest BCUT2D eigenvalue weighted by atomic mass is 9.90. The molecule has 0 aliphatic carbocycles. The number of carbonyl (C=O) groups is 1. The number of carbonyl (C=O) groups excluding carboxylic acids is 1. The summed E-state index contributed by atoms with van der Waals surface area (Å²) in [6.07, 6.45) is 2.74. The number of nitrogens with two attached hydrogens (primary N) is 1. The molecule has 2 aromatic carbocycles. The SMILES string of the molecule is COc1cccc(-c2nn(-c3ccccc3)cc2C(=O)N2CCC(C)(CN)C2)c1. The first-order chi connectivity index (χ1) is 14.0. The maximum absolute atomic E-state index is 13.4. The fourth-order valence-corrected chi connectivity index (χ4v) is 3.76. The molecule has 0 spiro atoms. The first-order valence-electron chi connectivity index (χ1n) is 9.82. The molecule has 29 heavy (non-hydrogen) atoms. The van der Waals surface area contributed by atoms with E-state index in [0.29, 0.717) is 30.9 Å². The lowest BCUT2D eigenvalue weighted by molar-refractivity contribution is 0.0777. The average Bonchev–Trinajstić information content (AvgIpc) is 3.39. The van der Waals surface area contributed by atoms with Gasteiger partial charge >= 0.3 is 0 Å². The third-order valence-electron chi connectivity index (χ3n) is 5.65. The summed E-state index contributed by atoms with van der Waals surface area (Å²) < 4.78 is 7.13. The van der Waals surface area contributed by atoms with Crippen LogP contribution >= 0.6 is 0 Å². The van der Waals surface area contributed by atoms with Crippen molar-refractivity contribution >= 4 is 5.91 Å². The summed E-state index contributed by atoms with van der Waals surface area (Å²) in [4.78, 5) is 15.3. The monoisotopic (exact) mass is 390 g/mol. The molecule has 0 saturated carbocycles. The van der Waals surface area contributed by atoms with Crippen molar-refractivity contribution in [3.05, 3.63) is 66.4 Å². The van der Waals surface area contributed by atoms with E-state index in [4.69, 9.17) is 15.6 Å². The fraction of sp³-hybridized carbons (Fsp3) is 0.304. The van der Waals surface area contributed by atoms with Crippen LogP contribution in [0.3, 0.4) is 0 Å². The van der Waals surface area contributed by atoms with Crippen LogP contribution in [0.5, 0.6) is 5.75 Å². The number of nitrogens with zero attached hydrogens (tertiary/aromatic N) is 3. The van der Waals surface area contributed by atoms with Crippen LogP contribution in [0, 0.1) is 5.41 Å². The van der Waals surface area contributed by atoms with E-state index < -0.39 is 0 Å². The number of hydrogen-bond acceptors (Lipinski definition) is 4. The molecule has 1 aliphatic rings. The van der Waals surface area contributed by atoms with Crippen LogP contribution in [-0.4, -0.2) is 47.3 Å². The number of aromatic nitrogens is 2. The van der Waals surface area contributed by atoms with E-state index in [1.54, 1.807) is 11.8 Å². The Balaban J connectivity index is 1.77. The number of para-hydroxylation sites is 1. The van der Waals surface area contributed by atoms with E-state index >= 15 is 0 Å². The number of benzene rings is 2. The molecule has 1 aliphatic heterocycles. The molecule has 0 radical (unpaired) electrons. The smallest absolute Gasteiger partial charge is 0.257 e. The first kappa shape index (κ1) is 19.2. The van der Waals surface area contributed by atoms with Gasteiger partial charge in [0.2, 0.25) is 0 Å². The molecule has 1 atom stereocenters. The van der Waals surface area contributed by atoms with Gasteiger partial charge in [0.25, 0.3) is 5.91 Å². The summed E-state index contributed by atoms with van der Waals surface area (Å²) in [7, 11) is 1.63. The topological polar surface area (TPSA) is 73.4 Å². The Bertz CT molecular complexity index is 1010. The highest BCUT2D eigenvalue weighted by atomic mass is 16.5. The second kappa shape index (κ2) is 7.72. The molecule has 3 aromatic rings. The molecule has 1 saturated heterocycles. The van der Waals surface area contributed by atoms with Crippen molar-refractivity contribution in [1.29, 1.82) is 0 Å². The van der Waals surface area contributed by atoms with E-state index in [1.807, 2.05) is 65.7 Å². The van der Waals surface area contributed by atoms with Crippen LogP contribution in [-0.2, 0) is 0 Å². The molecule has 0 bridgehead atoms. The summed E-state index contributed by atoms with van der Waals surface area (Å²) in [5.41, 5.74) is 8.90. The predicted octanol–water partition coefficient (Wildman–Crippen LogP) is 3.36. The summed E-state index contributed by atoms with van der Waals surface area (Å²) >= 11 is 0. The van der Waals surface area contributed by atoms with E-state index in [1.165, 1.54) is 0 Å². The number of rotatable bonds is 5. The van der Waals surface area contributed by atoms with E-state index in [-0.39, 0.29) is 11.3 Å². The Kier molecular flexibility index (Phi) is 5.11. The molecule has 4 rings (SSSR count). The van der Waals surface area contributed by atoms with Crippen molar-refractivity contribution in [3.8, 4) is 22.7 Å². The van der Waals surface area contributed by atoms with Gasteiger partial charge in [-0.2, -0.15) is 5.10 Å². The molecule has 1 fully saturated rings. The number of methoxy groups -OCH3 is 1. The maximum Gasteiger partial charge on any atom is 0.257 e. The van der Waals surface area contributed by atoms with Crippen molar-refractivity contribution in [2.24, 2.45) is 11.1 Å². The van der Waals surface area contributed by atoms with Crippen molar-refractivity contribution in [2.75, 3.05) is 26.7 Å². The maximum atomic E-state index is 13.4. The molecule has 2 heterocycles. The Morgan fingerprint density at radius 3 is 2.69 bits per heavy atom. The third kappa shape index (κ3) is 3.76. The lowest BCUT2D eigenvalue weighted by Crippen LogP contribution is -2.34. The van der Waals surface area contributed by atoms with Gasteiger partial charge in [0, 0.05) is 24.8 Å². The highest BCUT2D eigenvalue weighted by molar-refractivity contribution is 6.00. The number of ether oxygens (including phenoxy) is 1. The van der Waals surface area contributed by atoms with E-state index in [0.717, 1.165) is 23.4 Å². The van der Waals surface area contributed by atoms with Gasteiger partial charge in [-0.3, -0.25) is 4.79 Å². The Hall–Kier alpha value is -3.12. The van der Waals surface area contributed by atoms with Gasteiger partial charge in [-0.15, -0.1) is 0 Å². The zero-order valence-electron chi connectivity index (χ0n) is 16.8. The lowest BCUT2D eigenvalue weighted by Gasteiger charge is -2.22. The molecular weight excluding hydrogens is 364 g/mol. The van der Waals surface area contributed by atoms with Gasteiger partial charge in [0.1, 0.15) is 11.4 Å². The zero-order chi connectivity index (χ0) is 20.4. The third-order valence-corrected chi connectivity index (χ3v) is 5.65. The van der Waals surface area contributed by atoms with Crippen LogP contribution in [0.2, 0.25) is 0 Å². The highest BCUT2D eigenvalue weighted by Crippen LogP contribution is 2.32. The van der Waals surface area contributed by atoms with Crippen LogP contribution in [0.25, 0.3) is 16.9 Å². The van der Waals surface area contributed by atoms with Crippen LogP contribution < -0.4 is 10.5 Å². The number of likely N-dealkylation sites (tertiary alicyclic amines) is 1. The van der Waals surface area contributed by atoms with E-state index in [9.17, 15) is 4.79 Å². The standard InChI is InChI=1S/C23H26N4O2/c1-23(15-24)11-12-26(16-23)22(28)20-14-27(18-8-4-3-5-9-18)25-21(20)17-7-6-10-19(13-17)29-2/h3-10,13-14H,11-12,15-16,24H2,1-2H3. The fourth-order valence-electron chi connectivity index (χ4n) is 3.76. The van der Waals surface area contributed by atoms with Crippen LogP contribution in [0.4, 0.5) is 0 Å².